The maximum absolute atomic E-state index is 12.8. The molecular weight excluding hydrogens is 248 g/mol. The summed E-state index contributed by atoms with van der Waals surface area (Å²) < 4.78 is 0. The first-order valence-corrected chi connectivity index (χ1v) is 6.67. The van der Waals surface area contributed by atoms with Crippen molar-refractivity contribution in [3.8, 4) is 6.07 Å². The predicted molar refractivity (Wildman–Crippen MR) is 75.0 cm³/mol. The van der Waals surface area contributed by atoms with Crippen molar-refractivity contribution in [2.24, 2.45) is 0 Å². The van der Waals surface area contributed by atoms with E-state index in [1.807, 2.05) is 30.3 Å². The molecule has 0 radical (unpaired) electrons. The summed E-state index contributed by atoms with van der Waals surface area (Å²) in [5.74, 6) is -0.696. The molecule has 0 saturated heterocycles. The van der Waals surface area contributed by atoms with Crippen LogP contribution in [0.5, 0.6) is 0 Å². The molecule has 1 unspecified atom stereocenters. The SMILES string of the molecule is N#CC(C(=O)C1(c2ccccc2)CC1)c1ccncc1. The minimum atomic E-state index is -0.708. The topological polar surface area (TPSA) is 53.8 Å². The van der Waals surface area contributed by atoms with Crippen LogP contribution in [0.3, 0.4) is 0 Å². The van der Waals surface area contributed by atoms with E-state index in [4.69, 9.17) is 0 Å². The summed E-state index contributed by atoms with van der Waals surface area (Å²) in [4.78, 5) is 16.8. The van der Waals surface area contributed by atoms with E-state index in [0.717, 1.165) is 24.0 Å². The molecule has 1 atom stereocenters. The highest BCUT2D eigenvalue weighted by atomic mass is 16.1. The van der Waals surface area contributed by atoms with E-state index >= 15 is 0 Å². The van der Waals surface area contributed by atoms with E-state index in [9.17, 15) is 10.1 Å². The van der Waals surface area contributed by atoms with Gasteiger partial charge in [-0.05, 0) is 36.1 Å². The Morgan fingerprint density at radius 1 is 1.15 bits per heavy atom. The fourth-order valence-electron chi connectivity index (χ4n) is 2.68. The van der Waals surface area contributed by atoms with Gasteiger partial charge in [0.05, 0.1) is 11.5 Å². The standard InChI is InChI=1S/C17H14N2O/c18-12-15(13-6-10-19-11-7-13)16(20)17(8-9-17)14-4-2-1-3-5-14/h1-7,10-11,15H,8-9H2. The molecule has 1 saturated carbocycles. The summed E-state index contributed by atoms with van der Waals surface area (Å²) in [6.07, 6.45) is 4.91. The smallest absolute Gasteiger partial charge is 0.164 e. The molecule has 2 aromatic rings. The fourth-order valence-corrected chi connectivity index (χ4v) is 2.68. The van der Waals surface area contributed by atoms with Crippen molar-refractivity contribution in [1.29, 1.82) is 5.26 Å². The summed E-state index contributed by atoms with van der Waals surface area (Å²) in [6, 6.07) is 15.4. The van der Waals surface area contributed by atoms with Crippen LogP contribution in [0.25, 0.3) is 0 Å². The molecule has 0 spiro atoms. The summed E-state index contributed by atoms with van der Waals surface area (Å²) in [5.41, 5.74) is 1.30. The first kappa shape index (κ1) is 12.6. The van der Waals surface area contributed by atoms with Crippen LogP contribution in [0, 0.1) is 11.3 Å². The molecule has 0 aliphatic heterocycles. The van der Waals surface area contributed by atoms with Gasteiger partial charge in [-0.1, -0.05) is 30.3 Å². The number of hydrogen-bond acceptors (Lipinski definition) is 3. The molecule has 1 aromatic heterocycles. The highest BCUT2D eigenvalue weighted by Crippen LogP contribution is 2.51. The number of hydrogen-bond donors (Lipinski definition) is 0. The van der Waals surface area contributed by atoms with Crippen LogP contribution in [0.4, 0.5) is 0 Å². The second-order valence-electron chi connectivity index (χ2n) is 5.16. The minimum Gasteiger partial charge on any atom is -0.297 e. The number of aromatic nitrogens is 1. The van der Waals surface area contributed by atoms with Crippen LogP contribution in [0.15, 0.2) is 54.9 Å². The lowest BCUT2D eigenvalue weighted by Gasteiger charge is -2.18. The third kappa shape index (κ3) is 2.00. The Morgan fingerprint density at radius 3 is 2.35 bits per heavy atom. The third-order valence-electron chi connectivity index (χ3n) is 3.98. The van der Waals surface area contributed by atoms with Crippen molar-refractivity contribution in [2.45, 2.75) is 24.2 Å². The molecule has 1 aliphatic carbocycles. The van der Waals surface area contributed by atoms with E-state index in [-0.39, 0.29) is 5.78 Å². The largest absolute Gasteiger partial charge is 0.297 e. The van der Waals surface area contributed by atoms with Gasteiger partial charge in [0.15, 0.2) is 5.78 Å². The Morgan fingerprint density at radius 2 is 1.80 bits per heavy atom. The summed E-state index contributed by atoms with van der Waals surface area (Å²) in [6.45, 7) is 0. The highest BCUT2D eigenvalue weighted by molar-refractivity contribution is 5.99. The van der Waals surface area contributed by atoms with Crippen LogP contribution in [0.1, 0.15) is 29.9 Å². The number of carbonyl (C=O) groups is 1. The zero-order chi connectivity index (χ0) is 14.0. The molecule has 1 aromatic carbocycles. The Kier molecular flexibility index (Phi) is 3.08. The monoisotopic (exact) mass is 262 g/mol. The summed E-state index contributed by atoms with van der Waals surface area (Å²) >= 11 is 0. The number of carbonyl (C=O) groups excluding carboxylic acids is 1. The van der Waals surface area contributed by atoms with Gasteiger partial charge in [0, 0.05) is 12.4 Å². The number of benzene rings is 1. The highest BCUT2D eigenvalue weighted by Gasteiger charge is 2.53. The van der Waals surface area contributed by atoms with Gasteiger partial charge < -0.3 is 0 Å². The normalized spacial score (nSPS) is 16.9. The van der Waals surface area contributed by atoms with Crippen molar-refractivity contribution in [3.63, 3.8) is 0 Å². The van der Waals surface area contributed by atoms with Crippen molar-refractivity contribution in [2.75, 3.05) is 0 Å². The predicted octanol–water partition coefficient (Wildman–Crippen LogP) is 2.99. The molecule has 0 N–H and O–H groups in total. The molecule has 1 heterocycles. The van der Waals surface area contributed by atoms with Gasteiger partial charge in [-0.2, -0.15) is 5.26 Å². The molecule has 0 bridgehead atoms. The van der Waals surface area contributed by atoms with E-state index < -0.39 is 11.3 Å². The van der Waals surface area contributed by atoms with Crippen molar-refractivity contribution in [3.05, 3.63) is 66.0 Å². The van der Waals surface area contributed by atoms with Crippen molar-refractivity contribution in [1.82, 2.24) is 4.98 Å². The van der Waals surface area contributed by atoms with Gasteiger partial charge in [-0.25, -0.2) is 0 Å². The molecule has 1 fully saturated rings. The van der Waals surface area contributed by atoms with Gasteiger partial charge >= 0.3 is 0 Å². The quantitative estimate of drug-likeness (QED) is 0.851. The molecule has 0 amide bonds. The number of rotatable bonds is 4. The van der Waals surface area contributed by atoms with Crippen LogP contribution in [0.2, 0.25) is 0 Å². The van der Waals surface area contributed by atoms with Gasteiger partial charge in [-0.3, -0.25) is 9.78 Å². The molecule has 1 aliphatic rings. The molecule has 98 valence electrons. The number of Topliss-reactive ketones (excluding diaryl/α,β-unsaturated/α-hetero) is 1. The van der Waals surface area contributed by atoms with E-state index in [1.54, 1.807) is 24.5 Å². The summed E-state index contributed by atoms with van der Waals surface area (Å²) in [5, 5.41) is 9.40. The molecule has 20 heavy (non-hydrogen) atoms. The number of nitriles is 1. The Balaban J connectivity index is 1.95. The number of pyridine rings is 1. The lowest BCUT2D eigenvalue weighted by molar-refractivity contribution is -0.121. The third-order valence-corrected chi connectivity index (χ3v) is 3.98. The average Bonchev–Trinajstić information content (AvgIpc) is 3.32. The zero-order valence-electron chi connectivity index (χ0n) is 11.0. The van der Waals surface area contributed by atoms with Gasteiger partial charge in [0.25, 0.3) is 0 Å². The molecule has 3 heteroatoms. The fraction of sp³-hybridized carbons (Fsp3) is 0.235. The Labute approximate surface area is 117 Å². The van der Waals surface area contributed by atoms with Gasteiger partial charge in [-0.15, -0.1) is 0 Å². The lowest BCUT2D eigenvalue weighted by atomic mass is 9.82. The van der Waals surface area contributed by atoms with Crippen LogP contribution >= 0.6 is 0 Å². The zero-order valence-corrected chi connectivity index (χ0v) is 11.0. The van der Waals surface area contributed by atoms with Gasteiger partial charge in [0.1, 0.15) is 5.92 Å². The Hall–Kier alpha value is -2.47. The Bertz CT molecular complexity index is 654. The maximum atomic E-state index is 12.8. The van der Waals surface area contributed by atoms with Crippen LogP contribution < -0.4 is 0 Å². The first-order chi connectivity index (χ1) is 9.78. The minimum absolute atomic E-state index is 0.0115. The van der Waals surface area contributed by atoms with E-state index in [2.05, 4.69) is 11.1 Å². The second kappa shape index (κ2) is 4.90. The summed E-state index contributed by atoms with van der Waals surface area (Å²) in [7, 11) is 0. The number of ketones is 1. The van der Waals surface area contributed by atoms with E-state index in [1.165, 1.54) is 0 Å². The second-order valence-corrected chi connectivity index (χ2v) is 5.16. The number of nitrogens with zero attached hydrogens (tertiary/aromatic N) is 2. The first-order valence-electron chi connectivity index (χ1n) is 6.67. The lowest BCUT2D eigenvalue weighted by Crippen LogP contribution is -2.26. The van der Waals surface area contributed by atoms with Crippen LogP contribution in [-0.4, -0.2) is 10.8 Å². The van der Waals surface area contributed by atoms with Crippen molar-refractivity contribution >= 4 is 5.78 Å². The molecular formula is C17H14N2O. The van der Waals surface area contributed by atoms with Crippen molar-refractivity contribution < 1.29 is 4.79 Å². The van der Waals surface area contributed by atoms with Gasteiger partial charge in [0.2, 0.25) is 0 Å². The van der Waals surface area contributed by atoms with E-state index in [0.29, 0.717) is 0 Å². The molecule has 3 nitrogen and oxygen atoms in total. The maximum Gasteiger partial charge on any atom is 0.164 e. The molecule has 3 rings (SSSR count). The average molecular weight is 262 g/mol. The van der Waals surface area contributed by atoms with Crippen LogP contribution in [-0.2, 0) is 10.2 Å².